The van der Waals surface area contributed by atoms with E-state index >= 15 is 0 Å². The highest BCUT2D eigenvalue weighted by Gasteiger charge is 2.11. The zero-order chi connectivity index (χ0) is 17.4. The van der Waals surface area contributed by atoms with Crippen LogP contribution in [0.3, 0.4) is 0 Å². The molecule has 0 unspecified atom stereocenters. The Balaban J connectivity index is 1.54. The summed E-state index contributed by atoms with van der Waals surface area (Å²) in [5.41, 5.74) is 2.73. The maximum absolute atomic E-state index is 12.0. The smallest absolute Gasteiger partial charge is 0.368 e. The van der Waals surface area contributed by atoms with Gasteiger partial charge in [0.05, 0.1) is 5.69 Å². The van der Waals surface area contributed by atoms with Crippen LogP contribution in [0.25, 0.3) is 16.8 Å². The Bertz CT molecular complexity index is 1080. The number of nitrogens with zero attached hydrogens (tertiary/aromatic N) is 5. The van der Waals surface area contributed by atoms with Crippen molar-refractivity contribution in [3.63, 3.8) is 0 Å². The van der Waals surface area contributed by atoms with Gasteiger partial charge in [-0.3, -0.25) is 0 Å². The molecule has 2 aromatic carbocycles. The molecule has 2 aromatic heterocycles. The molecule has 25 heavy (non-hydrogen) atoms. The number of oxazole rings is 1. The molecule has 0 aliphatic heterocycles. The molecule has 0 N–H and O–H groups in total. The van der Waals surface area contributed by atoms with Crippen molar-refractivity contribution >= 4 is 11.1 Å². The second-order valence-corrected chi connectivity index (χ2v) is 5.61. The number of hydrogen-bond acceptors (Lipinski definition) is 6. The van der Waals surface area contributed by atoms with Gasteiger partial charge in [0.2, 0.25) is 5.89 Å². The standard InChI is InChI=1S/C17H15N5O3/c1-11-9-12(7-8-14(11)22-17(23)21(2)19-20-22)24-10-16-18-13-5-3-4-6-15(13)25-16/h3-9H,10H2,1-2H3. The van der Waals surface area contributed by atoms with E-state index in [0.29, 0.717) is 17.3 Å². The predicted octanol–water partition coefficient (Wildman–Crippen LogP) is 1.99. The van der Waals surface area contributed by atoms with Gasteiger partial charge >= 0.3 is 5.69 Å². The van der Waals surface area contributed by atoms with Crippen LogP contribution in [0.2, 0.25) is 0 Å². The van der Waals surface area contributed by atoms with Crippen LogP contribution < -0.4 is 10.4 Å². The fourth-order valence-corrected chi connectivity index (χ4v) is 2.55. The molecule has 0 saturated heterocycles. The van der Waals surface area contributed by atoms with E-state index in [0.717, 1.165) is 16.7 Å². The first-order valence-electron chi connectivity index (χ1n) is 7.69. The van der Waals surface area contributed by atoms with Gasteiger partial charge in [0, 0.05) is 7.05 Å². The van der Waals surface area contributed by atoms with Crippen LogP contribution in [0.4, 0.5) is 0 Å². The average molecular weight is 337 g/mol. The number of ether oxygens (including phenoxy) is 1. The molecular formula is C17H15N5O3. The number of para-hydroxylation sites is 2. The van der Waals surface area contributed by atoms with Crippen LogP contribution in [0.1, 0.15) is 11.5 Å². The largest absolute Gasteiger partial charge is 0.484 e. The topological polar surface area (TPSA) is 88.0 Å². The maximum Gasteiger partial charge on any atom is 0.368 e. The van der Waals surface area contributed by atoms with Crippen molar-refractivity contribution in [2.75, 3.05) is 0 Å². The van der Waals surface area contributed by atoms with E-state index < -0.39 is 0 Å². The minimum Gasteiger partial charge on any atom is -0.484 e. The summed E-state index contributed by atoms with van der Waals surface area (Å²) in [7, 11) is 1.55. The number of hydrogen-bond donors (Lipinski definition) is 0. The molecule has 126 valence electrons. The van der Waals surface area contributed by atoms with Gasteiger partial charge in [-0.25, -0.2) is 9.78 Å². The third-order valence-corrected chi connectivity index (χ3v) is 3.82. The van der Waals surface area contributed by atoms with Crippen LogP contribution in [0.5, 0.6) is 5.75 Å². The monoisotopic (exact) mass is 337 g/mol. The summed E-state index contributed by atoms with van der Waals surface area (Å²) in [6.45, 7) is 2.10. The molecule has 4 aromatic rings. The summed E-state index contributed by atoms with van der Waals surface area (Å²) in [5, 5.41) is 7.56. The Labute approximate surface area is 142 Å². The molecule has 0 spiro atoms. The number of aromatic nitrogens is 5. The average Bonchev–Trinajstić information content (AvgIpc) is 3.17. The zero-order valence-electron chi connectivity index (χ0n) is 13.7. The molecule has 8 heteroatoms. The Morgan fingerprint density at radius 3 is 2.72 bits per heavy atom. The predicted molar refractivity (Wildman–Crippen MR) is 89.7 cm³/mol. The maximum atomic E-state index is 12.0. The van der Waals surface area contributed by atoms with Crippen molar-refractivity contribution in [3.8, 4) is 11.4 Å². The molecule has 0 radical (unpaired) electrons. The molecule has 0 amide bonds. The fraction of sp³-hybridized carbons (Fsp3) is 0.176. The number of benzene rings is 2. The van der Waals surface area contributed by atoms with Gasteiger partial charge < -0.3 is 9.15 Å². The molecule has 4 rings (SSSR count). The van der Waals surface area contributed by atoms with E-state index in [1.807, 2.05) is 37.3 Å². The highest BCUT2D eigenvalue weighted by Crippen LogP contribution is 2.21. The molecule has 8 nitrogen and oxygen atoms in total. The van der Waals surface area contributed by atoms with E-state index in [4.69, 9.17) is 9.15 Å². The first-order chi connectivity index (χ1) is 12.1. The van der Waals surface area contributed by atoms with Crippen molar-refractivity contribution in [3.05, 3.63) is 64.4 Å². The molecule has 0 bridgehead atoms. The lowest BCUT2D eigenvalue weighted by atomic mass is 10.2. The Morgan fingerprint density at radius 2 is 2.00 bits per heavy atom. The minimum absolute atomic E-state index is 0.221. The molecule has 0 fully saturated rings. The van der Waals surface area contributed by atoms with Gasteiger partial charge in [-0.05, 0) is 53.2 Å². The van der Waals surface area contributed by atoms with Crippen LogP contribution in [-0.4, -0.2) is 24.8 Å². The van der Waals surface area contributed by atoms with Crippen molar-refractivity contribution in [1.29, 1.82) is 0 Å². The number of tetrazole rings is 1. The summed E-state index contributed by atoms with van der Waals surface area (Å²) >= 11 is 0. The lowest BCUT2D eigenvalue weighted by molar-refractivity contribution is 0.267. The van der Waals surface area contributed by atoms with E-state index in [1.54, 1.807) is 19.2 Å². The second kappa shape index (κ2) is 5.90. The van der Waals surface area contributed by atoms with Gasteiger partial charge in [-0.15, -0.1) is 0 Å². The van der Waals surface area contributed by atoms with Crippen molar-refractivity contribution < 1.29 is 9.15 Å². The molecule has 2 heterocycles. The third-order valence-electron chi connectivity index (χ3n) is 3.82. The summed E-state index contributed by atoms with van der Waals surface area (Å²) < 4.78 is 13.8. The summed E-state index contributed by atoms with van der Waals surface area (Å²) in [6.07, 6.45) is 0. The van der Waals surface area contributed by atoms with Crippen LogP contribution in [0, 0.1) is 6.92 Å². The Morgan fingerprint density at radius 1 is 1.16 bits per heavy atom. The molecular weight excluding hydrogens is 322 g/mol. The van der Waals surface area contributed by atoms with Gasteiger partial charge in [-0.1, -0.05) is 12.1 Å². The van der Waals surface area contributed by atoms with E-state index in [-0.39, 0.29) is 12.3 Å². The quantitative estimate of drug-likeness (QED) is 0.566. The molecule has 0 saturated carbocycles. The van der Waals surface area contributed by atoms with E-state index in [2.05, 4.69) is 15.4 Å². The van der Waals surface area contributed by atoms with Crippen molar-refractivity contribution in [1.82, 2.24) is 24.8 Å². The van der Waals surface area contributed by atoms with Crippen LogP contribution in [-0.2, 0) is 13.7 Å². The molecule has 0 aliphatic rings. The minimum atomic E-state index is -0.303. The zero-order valence-corrected chi connectivity index (χ0v) is 13.7. The Hall–Kier alpha value is -3.42. The molecule has 0 aliphatic carbocycles. The number of rotatable bonds is 4. The van der Waals surface area contributed by atoms with E-state index in [9.17, 15) is 4.79 Å². The van der Waals surface area contributed by atoms with E-state index in [1.165, 1.54) is 9.36 Å². The Kier molecular flexibility index (Phi) is 3.57. The summed E-state index contributed by atoms with van der Waals surface area (Å²) in [6, 6.07) is 12.9. The van der Waals surface area contributed by atoms with Gasteiger partial charge in [0.25, 0.3) is 0 Å². The SMILES string of the molecule is Cc1cc(OCc2nc3ccccc3o2)ccc1-n1nnn(C)c1=O. The van der Waals surface area contributed by atoms with Gasteiger partial charge in [-0.2, -0.15) is 9.36 Å². The van der Waals surface area contributed by atoms with Crippen molar-refractivity contribution in [2.45, 2.75) is 13.5 Å². The van der Waals surface area contributed by atoms with Gasteiger partial charge in [0.1, 0.15) is 11.3 Å². The fourth-order valence-electron chi connectivity index (χ4n) is 2.55. The number of aryl methyl sites for hydroxylation is 2. The molecule has 0 atom stereocenters. The highest BCUT2D eigenvalue weighted by atomic mass is 16.5. The summed E-state index contributed by atoms with van der Waals surface area (Å²) in [5.74, 6) is 1.16. The van der Waals surface area contributed by atoms with Crippen LogP contribution >= 0.6 is 0 Å². The lowest BCUT2D eigenvalue weighted by Gasteiger charge is -2.08. The van der Waals surface area contributed by atoms with Crippen LogP contribution in [0.15, 0.2) is 51.7 Å². The van der Waals surface area contributed by atoms with Gasteiger partial charge in [0.15, 0.2) is 12.2 Å². The number of fused-ring (bicyclic) bond motifs is 1. The van der Waals surface area contributed by atoms with Crippen molar-refractivity contribution in [2.24, 2.45) is 7.05 Å². The third kappa shape index (κ3) is 2.78. The highest BCUT2D eigenvalue weighted by molar-refractivity contribution is 5.72. The normalized spacial score (nSPS) is 11.1. The first-order valence-corrected chi connectivity index (χ1v) is 7.69. The summed E-state index contributed by atoms with van der Waals surface area (Å²) in [4.78, 5) is 16.3. The lowest BCUT2D eigenvalue weighted by Crippen LogP contribution is -2.22. The second-order valence-electron chi connectivity index (χ2n) is 5.61. The first kappa shape index (κ1) is 15.1.